The molecule has 0 heterocycles. The first-order valence-corrected chi connectivity index (χ1v) is 12.5. The molecule has 0 bridgehead atoms. The Morgan fingerprint density at radius 1 is 0.846 bits per heavy atom. The lowest BCUT2D eigenvalue weighted by Gasteiger charge is -2.29. The number of hydrogen-bond acceptors (Lipinski definition) is 4. The van der Waals surface area contributed by atoms with E-state index in [1.54, 1.807) is 18.5 Å². The van der Waals surface area contributed by atoms with Crippen molar-refractivity contribution in [3.8, 4) is 0 Å². The van der Waals surface area contributed by atoms with Gasteiger partial charge in [-0.3, -0.25) is 4.79 Å². The Labute approximate surface area is 162 Å². The molecule has 0 aromatic carbocycles. The van der Waals surface area contributed by atoms with E-state index in [0.717, 1.165) is 13.8 Å². The highest BCUT2D eigenvalue weighted by Crippen LogP contribution is 2.60. The standard InChI is InChI=1S/C16H37NP.2C2H4O2/c1-6-9-13-18(14-10-7-2,15-11-8-3)16-12-17(4)5;2*1-2(3)4/h6-16H2,1-5H3;2*1H3,(H,3,4)/q+1;;/p-1. The highest BCUT2D eigenvalue weighted by Gasteiger charge is 2.34. The van der Waals surface area contributed by atoms with Crippen LogP contribution < -0.4 is 5.11 Å². The average molecular weight is 394 g/mol. The van der Waals surface area contributed by atoms with Gasteiger partial charge in [0.25, 0.3) is 5.97 Å². The zero-order valence-corrected chi connectivity index (χ0v) is 19.2. The molecule has 0 fully saturated rings. The van der Waals surface area contributed by atoms with Crippen LogP contribution in [-0.2, 0) is 9.59 Å². The van der Waals surface area contributed by atoms with Crippen molar-refractivity contribution < 1.29 is 19.8 Å². The van der Waals surface area contributed by atoms with Crippen LogP contribution in [0.15, 0.2) is 0 Å². The van der Waals surface area contributed by atoms with E-state index in [4.69, 9.17) is 19.8 Å². The first kappa shape index (κ1) is 30.1. The van der Waals surface area contributed by atoms with Crippen LogP contribution in [-0.4, -0.2) is 67.2 Å². The van der Waals surface area contributed by atoms with Crippen molar-refractivity contribution in [2.24, 2.45) is 0 Å². The topological polar surface area (TPSA) is 80.7 Å². The third-order valence-corrected chi connectivity index (χ3v) is 8.92. The van der Waals surface area contributed by atoms with E-state index in [1.807, 2.05) is 0 Å². The number of carboxylic acid groups (broad SMARTS) is 2. The summed E-state index contributed by atoms with van der Waals surface area (Å²) in [7, 11) is 3.82. The van der Waals surface area contributed by atoms with E-state index >= 15 is 0 Å². The maximum atomic E-state index is 9.00. The molecule has 1 N–H and O–H groups in total. The Hall–Kier alpha value is -0.670. The van der Waals surface area contributed by atoms with Crippen molar-refractivity contribution in [3.63, 3.8) is 0 Å². The summed E-state index contributed by atoms with van der Waals surface area (Å²) in [4.78, 5) is 20.3. The van der Waals surface area contributed by atoms with Gasteiger partial charge in [-0.1, -0.05) is 40.0 Å². The van der Waals surface area contributed by atoms with Gasteiger partial charge in [-0.2, -0.15) is 0 Å². The number of carbonyl (C=O) groups excluding carboxylic acids is 1. The Morgan fingerprint density at radius 2 is 1.12 bits per heavy atom. The van der Waals surface area contributed by atoms with Crippen LogP contribution in [0, 0.1) is 0 Å². The Balaban J connectivity index is -0.000000551. The van der Waals surface area contributed by atoms with Crippen molar-refractivity contribution in [1.29, 1.82) is 0 Å². The van der Waals surface area contributed by atoms with E-state index in [2.05, 4.69) is 39.8 Å². The lowest BCUT2D eigenvalue weighted by atomic mass is 10.4. The van der Waals surface area contributed by atoms with Gasteiger partial charge in [0.15, 0.2) is 0 Å². The van der Waals surface area contributed by atoms with Crippen LogP contribution in [0.1, 0.15) is 73.1 Å². The van der Waals surface area contributed by atoms with Crippen LogP contribution >= 0.6 is 7.26 Å². The molecule has 0 aromatic rings. The highest BCUT2D eigenvalue weighted by molar-refractivity contribution is 7.75. The van der Waals surface area contributed by atoms with E-state index in [0.29, 0.717) is 0 Å². The van der Waals surface area contributed by atoms with Gasteiger partial charge in [0.2, 0.25) is 0 Å². The lowest BCUT2D eigenvalue weighted by Crippen LogP contribution is -2.22. The van der Waals surface area contributed by atoms with Gasteiger partial charge >= 0.3 is 0 Å². The zero-order chi connectivity index (χ0) is 21.0. The molecule has 0 unspecified atom stereocenters. The molecule has 0 amide bonds. The number of nitrogens with zero attached hydrogens (tertiary/aromatic N) is 1. The van der Waals surface area contributed by atoms with Gasteiger partial charge in [0, 0.05) is 26.7 Å². The number of hydrogen-bond donors (Lipinski definition) is 1. The molecule has 158 valence electrons. The van der Waals surface area contributed by atoms with Crippen molar-refractivity contribution in [3.05, 3.63) is 0 Å². The van der Waals surface area contributed by atoms with Crippen LogP contribution in [0.3, 0.4) is 0 Å². The fourth-order valence-electron chi connectivity index (χ4n) is 2.56. The number of aliphatic carboxylic acids is 2. The van der Waals surface area contributed by atoms with E-state index in [9.17, 15) is 0 Å². The molecule has 0 spiro atoms. The molecule has 0 atom stereocenters. The lowest BCUT2D eigenvalue weighted by molar-refractivity contribution is -0.302. The van der Waals surface area contributed by atoms with Gasteiger partial charge in [0.05, 0.1) is 24.6 Å². The van der Waals surface area contributed by atoms with Crippen LogP contribution in [0.4, 0.5) is 0 Å². The molecule has 0 aliphatic carbocycles. The largest absolute Gasteiger partial charge is 0.550 e. The predicted molar refractivity (Wildman–Crippen MR) is 114 cm³/mol. The summed E-state index contributed by atoms with van der Waals surface area (Å²) >= 11 is 0. The maximum absolute atomic E-state index is 9.00. The fraction of sp³-hybridized carbons (Fsp3) is 0.900. The summed E-state index contributed by atoms with van der Waals surface area (Å²) in [5.41, 5.74) is 0. The minimum atomic E-state index is -1.08. The van der Waals surface area contributed by atoms with E-state index in [1.165, 1.54) is 51.2 Å². The minimum absolute atomic E-state index is 0.641. The number of unbranched alkanes of at least 4 members (excludes halogenated alkanes) is 3. The molecule has 26 heavy (non-hydrogen) atoms. The molecular formula is C20H44NO4P. The normalized spacial score (nSPS) is 10.5. The summed E-state index contributed by atoms with van der Waals surface area (Å²) in [5.74, 6) is -1.92. The van der Waals surface area contributed by atoms with Crippen molar-refractivity contribution in [2.75, 3.05) is 45.3 Å². The van der Waals surface area contributed by atoms with Gasteiger partial charge in [-0.25, -0.2) is 0 Å². The third kappa shape index (κ3) is 28.1. The second-order valence-electron chi connectivity index (χ2n) is 7.11. The van der Waals surface area contributed by atoms with Gasteiger partial charge in [-0.15, -0.1) is 0 Å². The van der Waals surface area contributed by atoms with E-state index < -0.39 is 19.2 Å². The Kier molecular flexibility index (Phi) is 23.9. The second kappa shape index (κ2) is 20.6. The SMILES string of the molecule is CC(=O)O.CC(=O)[O-].CCCC[P+](CCCC)(CCCC)CCN(C)C. The molecule has 6 heteroatoms. The van der Waals surface area contributed by atoms with Gasteiger partial charge in [-0.05, 0) is 40.3 Å². The monoisotopic (exact) mass is 393 g/mol. The second-order valence-corrected chi connectivity index (χ2v) is 11.6. The summed E-state index contributed by atoms with van der Waals surface area (Å²) < 4.78 is 0. The van der Waals surface area contributed by atoms with E-state index in [-0.39, 0.29) is 0 Å². The Bertz CT molecular complexity index is 294. The first-order valence-electron chi connectivity index (χ1n) is 9.93. The molecule has 0 aromatic heterocycles. The summed E-state index contributed by atoms with van der Waals surface area (Å²) in [5, 5.41) is 16.3. The maximum Gasteiger partial charge on any atom is 0.300 e. The molecule has 0 rings (SSSR count). The molecular weight excluding hydrogens is 349 g/mol. The molecule has 5 nitrogen and oxygen atoms in total. The van der Waals surface area contributed by atoms with Crippen molar-refractivity contribution in [1.82, 2.24) is 4.90 Å². The molecule has 0 saturated carbocycles. The number of carbonyl (C=O) groups is 2. The number of rotatable bonds is 12. The smallest absolute Gasteiger partial charge is 0.300 e. The quantitative estimate of drug-likeness (QED) is 0.510. The van der Waals surface area contributed by atoms with Gasteiger partial charge in [0.1, 0.15) is 0 Å². The van der Waals surface area contributed by atoms with Crippen LogP contribution in [0.2, 0.25) is 0 Å². The van der Waals surface area contributed by atoms with Gasteiger partial charge < -0.3 is 19.9 Å². The van der Waals surface area contributed by atoms with Crippen LogP contribution in [0.25, 0.3) is 0 Å². The molecule has 0 aliphatic rings. The fourth-order valence-corrected chi connectivity index (χ4v) is 7.69. The third-order valence-electron chi connectivity index (χ3n) is 3.98. The Morgan fingerprint density at radius 3 is 1.31 bits per heavy atom. The minimum Gasteiger partial charge on any atom is -0.550 e. The molecule has 0 aliphatic heterocycles. The number of carboxylic acids is 2. The predicted octanol–water partition coefficient (Wildman–Crippen LogP) is 3.81. The summed E-state index contributed by atoms with van der Waals surface area (Å²) in [6, 6.07) is 0. The van der Waals surface area contributed by atoms with Crippen molar-refractivity contribution in [2.45, 2.75) is 73.1 Å². The molecule has 0 saturated heterocycles. The molecule has 0 radical (unpaired) electrons. The van der Waals surface area contributed by atoms with Crippen molar-refractivity contribution >= 4 is 19.2 Å². The van der Waals surface area contributed by atoms with Crippen LogP contribution in [0.5, 0.6) is 0 Å². The average Bonchev–Trinajstić information content (AvgIpc) is 2.52. The summed E-state index contributed by atoms with van der Waals surface area (Å²) in [6.45, 7) is 10.4. The highest BCUT2D eigenvalue weighted by atomic mass is 31.2. The first-order chi connectivity index (χ1) is 12.1. The zero-order valence-electron chi connectivity index (χ0n) is 18.3. The summed E-state index contributed by atoms with van der Waals surface area (Å²) in [6.07, 6.45) is 14.7.